The molecule has 0 aromatic heterocycles. The van der Waals surface area contributed by atoms with E-state index in [4.69, 9.17) is 4.99 Å². The maximum atomic E-state index is 12.7. The third-order valence-electron chi connectivity index (χ3n) is 5.93. The summed E-state index contributed by atoms with van der Waals surface area (Å²) in [6.45, 7) is 4.68. The Kier molecular flexibility index (Phi) is 9.75. The molecule has 3 rings (SSSR count). The summed E-state index contributed by atoms with van der Waals surface area (Å²) >= 11 is 0. The highest BCUT2D eigenvalue weighted by atomic mass is 16.2. The fourth-order valence-corrected chi connectivity index (χ4v) is 4.09. The molecule has 32 heavy (non-hydrogen) atoms. The monoisotopic (exact) mass is 434 g/mol. The van der Waals surface area contributed by atoms with Gasteiger partial charge in [-0.05, 0) is 43.9 Å². The number of nitrogens with zero attached hydrogens (tertiary/aromatic N) is 1. The molecule has 1 aromatic rings. The van der Waals surface area contributed by atoms with Crippen molar-refractivity contribution in [3.05, 3.63) is 42.0 Å². The molecule has 2 atom stereocenters. The molecule has 2 aliphatic rings. The molecule has 0 radical (unpaired) electrons. The van der Waals surface area contributed by atoms with E-state index >= 15 is 0 Å². The zero-order valence-electron chi connectivity index (χ0n) is 19.3. The van der Waals surface area contributed by atoms with E-state index < -0.39 is 0 Å². The van der Waals surface area contributed by atoms with Gasteiger partial charge in [-0.1, -0.05) is 38.0 Å². The average Bonchev–Trinajstić information content (AvgIpc) is 2.82. The van der Waals surface area contributed by atoms with Gasteiger partial charge >= 0.3 is 0 Å². The van der Waals surface area contributed by atoms with Crippen molar-refractivity contribution in [1.82, 2.24) is 5.32 Å². The van der Waals surface area contributed by atoms with E-state index in [1.807, 2.05) is 37.3 Å². The van der Waals surface area contributed by atoms with E-state index in [-0.39, 0.29) is 17.7 Å². The molecule has 0 saturated heterocycles. The van der Waals surface area contributed by atoms with Crippen LogP contribution in [0.1, 0.15) is 46.0 Å². The van der Waals surface area contributed by atoms with Crippen LogP contribution in [0.4, 0.5) is 17.1 Å². The first-order valence-electron chi connectivity index (χ1n) is 11.1. The number of fused-ring (bicyclic) bond motifs is 1. The summed E-state index contributed by atoms with van der Waals surface area (Å²) in [7, 11) is 1.62. The van der Waals surface area contributed by atoms with Crippen LogP contribution in [0.25, 0.3) is 0 Å². The van der Waals surface area contributed by atoms with E-state index in [1.54, 1.807) is 13.1 Å². The lowest BCUT2D eigenvalue weighted by atomic mass is 9.80. The smallest absolute Gasteiger partial charge is 0.250 e. The van der Waals surface area contributed by atoms with Gasteiger partial charge in [0.05, 0.1) is 17.9 Å². The van der Waals surface area contributed by atoms with Gasteiger partial charge in [-0.25, -0.2) is 0 Å². The lowest BCUT2D eigenvalue weighted by Crippen LogP contribution is -2.30. The number of aliphatic imine (C=N–C) groups is 1. The third kappa shape index (κ3) is 6.58. The number of nitrogens with one attached hydrogen (secondary N) is 3. The van der Waals surface area contributed by atoms with Crippen molar-refractivity contribution in [1.29, 1.82) is 0 Å². The fourth-order valence-electron chi connectivity index (χ4n) is 4.09. The van der Waals surface area contributed by atoms with Crippen molar-refractivity contribution in [2.75, 3.05) is 24.2 Å². The van der Waals surface area contributed by atoms with E-state index in [1.165, 1.54) is 6.42 Å². The second kappa shape index (κ2) is 12.5. The summed E-state index contributed by atoms with van der Waals surface area (Å²) in [5.74, 6) is 0.547. The minimum Gasteiger partial charge on any atom is -0.378 e. The minimum absolute atomic E-state index is 0.0956. The van der Waals surface area contributed by atoms with Gasteiger partial charge in [0.25, 0.3) is 5.91 Å². The number of hydrogen-bond donors (Lipinski definition) is 3. The van der Waals surface area contributed by atoms with Crippen LogP contribution >= 0.6 is 0 Å². The van der Waals surface area contributed by atoms with Crippen LogP contribution in [0.5, 0.6) is 0 Å². The summed E-state index contributed by atoms with van der Waals surface area (Å²) < 4.78 is 0. The van der Waals surface area contributed by atoms with E-state index in [2.05, 4.69) is 35.7 Å². The fraction of sp³-hybridized carbons (Fsp3) is 0.423. The van der Waals surface area contributed by atoms with Gasteiger partial charge < -0.3 is 16.0 Å². The standard InChI is InChI=1S/C24H32N4O2.C2H2/c1-4-17(23(29)25-3)9-7-10-19-15-26-21-13-12-18(14-22(21)27-19)28-24(30)20-11-6-5-8-16(20)2;1-2/h4,7,9,12-14,16,20,26H,5-6,8,10-11,15H2,1-3H3,(H,25,29)(H,28,30);1-2H/b9-7-,17-4+;. The first-order chi connectivity index (χ1) is 15.5. The van der Waals surface area contributed by atoms with Crippen molar-refractivity contribution >= 4 is 34.6 Å². The molecule has 2 unspecified atom stereocenters. The normalized spacial score (nSPS) is 20.2. The van der Waals surface area contributed by atoms with Gasteiger partial charge in [0.15, 0.2) is 0 Å². The van der Waals surface area contributed by atoms with E-state index in [0.29, 0.717) is 24.5 Å². The summed E-state index contributed by atoms with van der Waals surface area (Å²) in [6, 6.07) is 5.83. The van der Waals surface area contributed by atoms with Crippen LogP contribution in [0.2, 0.25) is 0 Å². The lowest BCUT2D eigenvalue weighted by Gasteiger charge is -2.27. The molecule has 1 aliphatic heterocycles. The van der Waals surface area contributed by atoms with E-state index in [9.17, 15) is 9.59 Å². The number of allylic oxidation sites excluding steroid dienone is 2. The molecule has 1 heterocycles. The Morgan fingerprint density at radius 2 is 2.00 bits per heavy atom. The Morgan fingerprint density at radius 3 is 2.69 bits per heavy atom. The number of hydrogen-bond acceptors (Lipinski definition) is 4. The largest absolute Gasteiger partial charge is 0.378 e. The van der Waals surface area contributed by atoms with Gasteiger partial charge in [-0.15, -0.1) is 12.8 Å². The summed E-state index contributed by atoms with van der Waals surface area (Å²) in [4.78, 5) is 29.2. The number of terminal acetylenes is 1. The highest BCUT2D eigenvalue weighted by Crippen LogP contribution is 2.33. The molecular formula is C26H34N4O2. The van der Waals surface area contributed by atoms with Crippen molar-refractivity contribution in [2.45, 2.75) is 46.0 Å². The number of carbonyl (C=O) groups excluding carboxylic acids is 2. The first kappa shape index (κ1) is 24.9. The van der Waals surface area contributed by atoms with Gasteiger partial charge in [0, 0.05) is 36.4 Å². The van der Waals surface area contributed by atoms with Crippen LogP contribution in [-0.4, -0.2) is 31.1 Å². The lowest BCUT2D eigenvalue weighted by molar-refractivity contribution is -0.122. The van der Waals surface area contributed by atoms with Crippen molar-refractivity contribution in [3.63, 3.8) is 0 Å². The maximum absolute atomic E-state index is 12.7. The summed E-state index contributed by atoms with van der Waals surface area (Å²) in [6.07, 6.45) is 18.7. The van der Waals surface area contributed by atoms with Crippen LogP contribution < -0.4 is 16.0 Å². The van der Waals surface area contributed by atoms with Crippen molar-refractivity contribution < 1.29 is 9.59 Å². The molecule has 0 bridgehead atoms. The molecule has 1 aromatic carbocycles. The van der Waals surface area contributed by atoms with Gasteiger partial charge in [0.1, 0.15) is 0 Å². The van der Waals surface area contributed by atoms with Crippen LogP contribution in [0, 0.1) is 24.7 Å². The first-order valence-corrected chi connectivity index (χ1v) is 11.1. The molecule has 6 heteroatoms. The molecule has 1 aliphatic carbocycles. The van der Waals surface area contributed by atoms with Crippen molar-refractivity contribution in [3.8, 4) is 12.8 Å². The average molecular weight is 435 g/mol. The Morgan fingerprint density at radius 1 is 1.25 bits per heavy atom. The predicted molar refractivity (Wildman–Crippen MR) is 133 cm³/mol. The number of benzene rings is 1. The Balaban J connectivity index is 0.00000176. The molecule has 0 spiro atoms. The van der Waals surface area contributed by atoms with Crippen LogP contribution in [0.3, 0.4) is 0 Å². The second-order valence-electron chi connectivity index (χ2n) is 8.05. The molecule has 1 saturated carbocycles. The highest BCUT2D eigenvalue weighted by Gasteiger charge is 2.27. The number of rotatable bonds is 6. The molecule has 170 valence electrons. The van der Waals surface area contributed by atoms with Gasteiger partial charge in [-0.2, -0.15) is 0 Å². The maximum Gasteiger partial charge on any atom is 0.250 e. The molecule has 6 nitrogen and oxygen atoms in total. The third-order valence-corrected chi connectivity index (χ3v) is 5.93. The number of amides is 2. The SMILES string of the molecule is C#C.C/C=C(\C=C/CC1=Nc2cc(NC(=O)C3CCCCC3C)ccc2NC1)C(=O)NC. The minimum atomic E-state index is -0.101. The quantitative estimate of drug-likeness (QED) is 0.340. The van der Waals surface area contributed by atoms with Gasteiger partial charge in [-0.3, -0.25) is 14.6 Å². The second-order valence-corrected chi connectivity index (χ2v) is 8.05. The Hall–Kier alpha value is -3.33. The predicted octanol–water partition coefficient (Wildman–Crippen LogP) is 4.84. The van der Waals surface area contributed by atoms with E-state index in [0.717, 1.165) is 42.0 Å². The van der Waals surface area contributed by atoms with Gasteiger partial charge in [0.2, 0.25) is 5.91 Å². The van der Waals surface area contributed by atoms with Crippen LogP contribution in [-0.2, 0) is 9.59 Å². The molecule has 3 N–H and O–H groups in total. The van der Waals surface area contributed by atoms with Crippen molar-refractivity contribution in [2.24, 2.45) is 16.8 Å². The number of carbonyl (C=O) groups is 2. The van der Waals surface area contributed by atoms with Crippen LogP contribution in [0.15, 0.2) is 47.0 Å². The molecular weight excluding hydrogens is 400 g/mol. The Labute approximate surface area is 191 Å². The zero-order valence-corrected chi connectivity index (χ0v) is 19.3. The zero-order chi connectivity index (χ0) is 23.5. The molecule has 2 amide bonds. The summed E-state index contributed by atoms with van der Waals surface area (Å²) in [5.41, 5.74) is 4.19. The topological polar surface area (TPSA) is 82.6 Å². The number of likely N-dealkylation sites (N-methyl/N-ethyl adjacent to an activating group) is 1. The number of anilines is 2. The summed E-state index contributed by atoms with van der Waals surface area (Å²) in [5, 5.41) is 9.10. The molecule has 1 fully saturated rings. The Bertz CT molecular complexity index is 927. The highest BCUT2D eigenvalue weighted by molar-refractivity contribution is 5.99.